The molecule has 0 unspecified atom stereocenters. The molecule has 7 nitrogen and oxygen atoms in total. The Kier molecular flexibility index (Phi) is 8.18. The molecular weight excluding hydrogens is 575 g/mol. The van der Waals surface area contributed by atoms with Crippen LogP contribution in [0.4, 0.5) is 0 Å². The minimum atomic E-state index is -0.993. The summed E-state index contributed by atoms with van der Waals surface area (Å²) in [5, 5.41) is 10.8. The number of ether oxygens (including phenoxy) is 5. The molecule has 8 heteroatoms. The van der Waals surface area contributed by atoms with Gasteiger partial charge in [0.05, 0.1) is 25.9 Å². The molecule has 188 valence electrons. The summed E-state index contributed by atoms with van der Waals surface area (Å²) in [5.41, 5.74) is 2.80. The summed E-state index contributed by atoms with van der Waals surface area (Å²) in [5.74, 6) is 1.13. The van der Waals surface area contributed by atoms with Crippen LogP contribution in [-0.4, -0.2) is 42.1 Å². The Morgan fingerprint density at radius 1 is 0.806 bits per heavy atom. The number of benzene rings is 3. The standard InChI is InChI=1S/C28H27IO7/c29-21-12-25-24(35-17-36-25)11-20(21)16-34-27-23(31)13-22(30)26(32-14-18-7-3-1-4-8-18)28(27)33-15-19-9-5-2-6-10-19/h1-12,22,26-28,30H,13-17H2/t22-,26-,27+,28+/m0/s1. The number of carbonyl (C=O) groups is 1. The summed E-state index contributed by atoms with van der Waals surface area (Å²) in [6.07, 6.45) is -3.45. The topological polar surface area (TPSA) is 83.5 Å². The van der Waals surface area contributed by atoms with Crippen molar-refractivity contribution in [3.05, 3.63) is 93.1 Å². The van der Waals surface area contributed by atoms with Crippen LogP contribution < -0.4 is 9.47 Å². The van der Waals surface area contributed by atoms with Crippen LogP contribution in [0.1, 0.15) is 23.1 Å². The van der Waals surface area contributed by atoms with Gasteiger partial charge in [0.25, 0.3) is 0 Å². The average molecular weight is 602 g/mol. The van der Waals surface area contributed by atoms with Gasteiger partial charge < -0.3 is 28.8 Å². The molecule has 0 saturated heterocycles. The Hall–Kier alpha value is -2.50. The highest BCUT2D eigenvalue weighted by molar-refractivity contribution is 14.1. The highest BCUT2D eigenvalue weighted by Crippen LogP contribution is 2.36. The van der Waals surface area contributed by atoms with Gasteiger partial charge in [-0.15, -0.1) is 0 Å². The molecule has 3 aromatic carbocycles. The van der Waals surface area contributed by atoms with Gasteiger partial charge in [0.15, 0.2) is 17.3 Å². The first-order valence-electron chi connectivity index (χ1n) is 11.8. The molecule has 0 aromatic heterocycles. The quantitative estimate of drug-likeness (QED) is 0.364. The molecule has 36 heavy (non-hydrogen) atoms. The molecule has 4 atom stereocenters. The number of hydrogen-bond donors (Lipinski definition) is 1. The van der Waals surface area contributed by atoms with E-state index in [0.717, 1.165) is 20.3 Å². The van der Waals surface area contributed by atoms with Crippen LogP contribution in [0.3, 0.4) is 0 Å². The van der Waals surface area contributed by atoms with E-state index in [2.05, 4.69) is 22.6 Å². The third-order valence-corrected chi connectivity index (χ3v) is 7.26. The first-order valence-corrected chi connectivity index (χ1v) is 12.9. The van der Waals surface area contributed by atoms with Crippen LogP contribution in [0.5, 0.6) is 11.5 Å². The monoisotopic (exact) mass is 602 g/mol. The molecule has 1 aliphatic heterocycles. The number of halogens is 1. The number of aliphatic hydroxyl groups is 1. The molecule has 0 radical (unpaired) electrons. The number of rotatable bonds is 9. The second-order valence-electron chi connectivity index (χ2n) is 8.79. The third kappa shape index (κ3) is 5.90. The summed E-state index contributed by atoms with van der Waals surface area (Å²) in [7, 11) is 0. The third-order valence-electron chi connectivity index (χ3n) is 6.26. The van der Waals surface area contributed by atoms with Crippen LogP contribution in [0.2, 0.25) is 0 Å². The predicted octanol–water partition coefficient (Wildman–Crippen LogP) is 4.41. The van der Waals surface area contributed by atoms with E-state index in [0.29, 0.717) is 11.5 Å². The Labute approximate surface area is 223 Å². The maximum absolute atomic E-state index is 13.1. The van der Waals surface area contributed by atoms with E-state index in [4.69, 9.17) is 23.7 Å². The van der Waals surface area contributed by atoms with Gasteiger partial charge in [-0.2, -0.15) is 0 Å². The van der Waals surface area contributed by atoms with E-state index in [1.165, 1.54) is 0 Å². The first-order chi connectivity index (χ1) is 17.6. The maximum atomic E-state index is 13.1. The highest BCUT2D eigenvalue weighted by Gasteiger charge is 2.46. The van der Waals surface area contributed by atoms with Crippen molar-refractivity contribution in [1.29, 1.82) is 0 Å². The molecule has 1 heterocycles. The van der Waals surface area contributed by atoms with E-state index in [1.54, 1.807) is 0 Å². The van der Waals surface area contributed by atoms with Gasteiger partial charge in [0.1, 0.15) is 18.3 Å². The number of hydrogen-bond acceptors (Lipinski definition) is 7. The fourth-order valence-corrected chi connectivity index (χ4v) is 4.97. The van der Waals surface area contributed by atoms with Crippen molar-refractivity contribution in [3.63, 3.8) is 0 Å². The summed E-state index contributed by atoms with van der Waals surface area (Å²) in [4.78, 5) is 13.1. The van der Waals surface area contributed by atoms with Crippen molar-refractivity contribution in [2.75, 3.05) is 6.79 Å². The van der Waals surface area contributed by atoms with E-state index in [-0.39, 0.29) is 38.8 Å². The van der Waals surface area contributed by atoms with Gasteiger partial charge in [0.2, 0.25) is 6.79 Å². The van der Waals surface area contributed by atoms with Crippen molar-refractivity contribution in [1.82, 2.24) is 0 Å². The fourth-order valence-electron chi connectivity index (χ4n) is 4.37. The SMILES string of the molecule is O=C1C[C@H](O)[C@H](OCc2ccccc2)[C@@H](OCc2ccccc2)[C@@H]1OCc1cc2c(cc1I)OCO2. The number of Topliss-reactive ketones (excluding diaryl/α,β-unsaturated/α-hetero) is 1. The molecule has 0 bridgehead atoms. The molecule has 0 amide bonds. The smallest absolute Gasteiger partial charge is 0.231 e. The maximum Gasteiger partial charge on any atom is 0.231 e. The van der Waals surface area contributed by atoms with Crippen LogP contribution in [0.15, 0.2) is 72.8 Å². The minimum absolute atomic E-state index is 0.0620. The molecule has 2 aliphatic rings. The Morgan fingerprint density at radius 2 is 1.39 bits per heavy atom. The fraction of sp³-hybridized carbons (Fsp3) is 0.321. The van der Waals surface area contributed by atoms with Crippen molar-refractivity contribution >= 4 is 28.4 Å². The van der Waals surface area contributed by atoms with Crippen molar-refractivity contribution in [2.45, 2.75) is 50.7 Å². The van der Waals surface area contributed by atoms with Crippen LogP contribution in [0.25, 0.3) is 0 Å². The van der Waals surface area contributed by atoms with Gasteiger partial charge in [0, 0.05) is 9.99 Å². The molecule has 5 rings (SSSR count). The summed E-state index contributed by atoms with van der Waals surface area (Å²) >= 11 is 2.21. The second-order valence-corrected chi connectivity index (χ2v) is 9.95. The lowest BCUT2D eigenvalue weighted by molar-refractivity contribution is -0.201. The van der Waals surface area contributed by atoms with E-state index < -0.39 is 24.4 Å². The lowest BCUT2D eigenvalue weighted by atomic mass is 9.88. The highest BCUT2D eigenvalue weighted by atomic mass is 127. The molecule has 1 aliphatic carbocycles. The number of ketones is 1. The van der Waals surface area contributed by atoms with Gasteiger partial charge in [-0.1, -0.05) is 60.7 Å². The summed E-state index contributed by atoms with van der Waals surface area (Å²) in [6, 6.07) is 23.2. The zero-order valence-corrected chi connectivity index (χ0v) is 21.7. The first kappa shape index (κ1) is 25.2. The number of fused-ring (bicyclic) bond motifs is 1. The van der Waals surface area contributed by atoms with Gasteiger partial charge in [-0.05, 0) is 51.4 Å². The van der Waals surface area contributed by atoms with Gasteiger partial charge in [-0.25, -0.2) is 0 Å². The number of carbonyl (C=O) groups excluding carboxylic acids is 1. The molecule has 1 fully saturated rings. The minimum Gasteiger partial charge on any atom is -0.454 e. The molecule has 1 N–H and O–H groups in total. The average Bonchev–Trinajstić information content (AvgIpc) is 3.34. The van der Waals surface area contributed by atoms with Crippen LogP contribution in [-0.2, 0) is 38.8 Å². The largest absolute Gasteiger partial charge is 0.454 e. The number of aliphatic hydroxyl groups excluding tert-OH is 1. The van der Waals surface area contributed by atoms with Crippen molar-refractivity contribution in [2.24, 2.45) is 0 Å². The molecular formula is C28H27IO7. The summed E-state index contributed by atoms with van der Waals surface area (Å²) in [6.45, 7) is 0.912. The zero-order valence-electron chi connectivity index (χ0n) is 19.5. The Balaban J connectivity index is 1.35. The summed E-state index contributed by atoms with van der Waals surface area (Å²) < 4.78 is 30.5. The molecule has 1 saturated carbocycles. The zero-order chi connectivity index (χ0) is 24.9. The Morgan fingerprint density at radius 3 is 2.03 bits per heavy atom. The van der Waals surface area contributed by atoms with Crippen molar-refractivity contribution in [3.8, 4) is 11.5 Å². The molecule has 0 spiro atoms. The van der Waals surface area contributed by atoms with Gasteiger partial charge in [-0.3, -0.25) is 4.79 Å². The lowest BCUT2D eigenvalue weighted by Crippen LogP contribution is -2.57. The van der Waals surface area contributed by atoms with Gasteiger partial charge >= 0.3 is 0 Å². The predicted molar refractivity (Wildman–Crippen MR) is 140 cm³/mol. The van der Waals surface area contributed by atoms with Crippen LogP contribution >= 0.6 is 22.6 Å². The van der Waals surface area contributed by atoms with E-state index >= 15 is 0 Å². The van der Waals surface area contributed by atoms with E-state index in [1.807, 2.05) is 72.8 Å². The van der Waals surface area contributed by atoms with Crippen LogP contribution in [0, 0.1) is 3.57 Å². The Bertz CT molecular complexity index is 1170. The van der Waals surface area contributed by atoms with Crippen molar-refractivity contribution < 1.29 is 33.6 Å². The normalized spacial score (nSPS) is 23.1. The molecule has 3 aromatic rings. The second kappa shape index (κ2) is 11.7. The lowest BCUT2D eigenvalue weighted by Gasteiger charge is -2.39. The van der Waals surface area contributed by atoms with E-state index in [9.17, 15) is 9.90 Å².